The van der Waals surface area contributed by atoms with Gasteiger partial charge in [-0.3, -0.25) is 18.6 Å². The Balaban J connectivity index is 3.93. The number of ether oxygens (including phenoxy) is 2. The molecule has 0 aliphatic heterocycles. The van der Waals surface area contributed by atoms with E-state index in [9.17, 15) is 19.0 Å². The number of carbonyl (C=O) groups is 2. The van der Waals surface area contributed by atoms with Crippen LogP contribution in [0.1, 0.15) is 123 Å². The highest BCUT2D eigenvalue weighted by molar-refractivity contribution is 7.47. The Labute approximate surface area is 218 Å². The van der Waals surface area contributed by atoms with E-state index in [4.69, 9.17) is 19.7 Å². The highest BCUT2D eigenvalue weighted by Gasteiger charge is 2.25. The van der Waals surface area contributed by atoms with Crippen molar-refractivity contribution < 1.29 is 37.6 Å². The second-order valence-electron chi connectivity index (χ2n) is 9.23. The van der Waals surface area contributed by atoms with E-state index in [0.29, 0.717) is 6.42 Å². The van der Waals surface area contributed by atoms with Crippen LogP contribution in [0.15, 0.2) is 0 Å². The van der Waals surface area contributed by atoms with Gasteiger partial charge >= 0.3 is 19.8 Å². The molecule has 0 spiro atoms. The Bertz CT molecular complexity index is 590. The summed E-state index contributed by atoms with van der Waals surface area (Å²) in [6.45, 7) is 3.11. The molecule has 0 radical (unpaired) electrons. The van der Waals surface area contributed by atoms with Crippen LogP contribution in [0.2, 0.25) is 0 Å². The van der Waals surface area contributed by atoms with Gasteiger partial charge in [-0.15, -0.1) is 0 Å². The molecular weight excluding hydrogens is 485 g/mol. The SMILES string of the molecule is CCCCCCCCCCCCCCCCCC(=O)O[C@H](COC(=O)CC)COP(=O)(O)OCCN. The summed E-state index contributed by atoms with van der Waals surface area (Å²) >= 11 is 0. The predicted octanol–water partition coefficient (Wildman–Crippen LogP) is 6.21. The van der Waals surface area contributed by atoms with E-state index in [1.807, 2.05) is 0 Å². The molecule has 0 amide bonds. The van der Waals surface area contributed by atoms with E-state index in [1.165, 1.54) is 77.0 Å². The number of hydrogen-bond acceptors (Lipinski definition) is 8. The van der Waals surface area contributed by atoms with Crippen molar-refractivity contribution >= 4 is 19.8 Å². The predicted molar refractivity (Wildman–Crippen MR) is 141 cm³/mol. The molecule has 0 aliphatic rings. The molecule has 0 saturated heterocycles. The van der Waals surface area contributed by atoms with Crippen molar-refractivity contribution in [3.63, 3.8) is 0 Å². The molecule has 0 rings (SSSR count). The van der Waals surface area contributed by atoms with E-state index in [0.717, 1.165) is 12.8 Å². The molecule has 2 atom stereocenters. The average Bonchev–Trinajstić information content (AvgIpc) is 2.86. The fourth-order valence-electron chi connectivity index (χ4n) is 3.67. The molecule has 214 valence electrons. The fraction of sp³-hybridized carbons (Fsp3) is 0.923. The van der Waals surface area contributed by atoms with Gasteiger partial charge in [-0.2, -0.15) is 0 Å². The second-order valence-corrected chi connectivity index (χ2v) is 10.7. The number of esters is 2. The molecule has 3 N–H and O–H groups in total. The lowest BCUT2D eigenvalue weighted by Crippen LogP contribution is -2.29. The van der Waals surface area contributed by atoms with Gasteiger partial charge in [-0.25, -0.2) is 4.57 Å². The Hall–Kier alpha value is -0.990. The van der Waals surface area contributed by atoms with Crippen molar-refractivity contribution in [2.45, 2.75) is 129 Å². The van der Waals surface area contributed by atoms with Crippen LogP contribution in [0.4, 0.5) is 0 Å². The molecule has 0 aromatic rings. The summed E-state index contributed by atoms with van der Waals surface area (Å²) in [5.41, 5.74) is 5.24. The number of nitrogens with two attached hydrogens (primary N) is 1. The lowest BCUT2D eigenvalue weighted by molar-refractivity contribution is -0.161. The van der Waals surface area contributed by atoms with E-state index in [2.05, 4.69) is 11.4 Å². The van der Waals surface area contributed by atoms with Gasteiger partial charge in [0.05, 0.1) is 13.2 Å². The smallest absolute Gasteiger partial charge is 0.462 e. The summed E-state index contributed by atoms with van der Waals surface area (Å²) in [5.74, 6) is -0.925. The molecule has 9 nitrogen and oxygen atoms in total. The summed E-state index contributed by atoms with van der Waals surface area (Å²) in [5, 5.41) is 0. The minimum Gasteiger partial charge on any atom is -0.462 e. The van der Waals surface area contributed by atoms with Gasteiger partial charge in [0.15, 0.2) is 6.10 Å². The van der Waals surface area contributed by atoms with Gasteiger partial charge < -0.3 is 20.1 Å². The molecule has 0 heterocycles. The first-order valence-electron chi connectivity index (χ1n) is 14.0. The minimum atomic E-state index is -4.33. The molecule has 0 fully saturated rings. The number of rotatable bonds is 26. The third-order valence-corrected chi connectivity index (χ3v) is 6.78. The summed E-state index contributed by atoms with van der Waals surface area (Å²) in [6, 6.07) is 0. The van der Waals surface area contributed by atoms with Crippen LogP contribution >= 0.6 is 7.82 Å². The van der Waals surface area contributed by atoms with E-state index in [-0.39, 0.29) is 32.6 Å². The molecule has 0 aliphatic carbocycles. The van der Waals surface area contributed by atoms with Gasteiger partial charge in [-0.1, -0.05) is 104 Å². The molecule has 10 heteroatoms. The summed E-state index contributed by atoms with van der Waals surface area (Å²) < 4.78 is 31.6. The number of phosphoric acid groups is 1. The third kappa shape index (κ3) is 23.4. The van der Waals surface area contributed by atoms with Crippen molar-refractivity contribution in [1.29, 1.82) is 0 Å². The number of carbonyl (C=O) groups excluding carboxylic acids is 2. The maximum Gasteiger partial charge on any atom is 0.472 e. The summed E-state index contributed by atoms with van der Waals surface area (Å²) in [6.07, 6.45) is 18.0. The standard InChI is InChI=1S/C26H52NO8P/c1-3-5-6-7-8-9-10-11-12-13-14-15-16-17-18-19-26(29)35-24(22-32-25(28)4-2)23-34-36(30,31)33-21-20-27/h24H,3-23,27H2,1-2H3,(H,30,31)/t24-/m1/s1. The average molecular weight is 538 g/mol. The lowest BCUT2D eigenvalue weighted by atomic mass is 10.0. The molecule has 0 aromatic heterocycles. The third-order valence-electron chi connectivity index (χ3n) is 5.80. The van der Waals surface area contributed by atoms with Crippen LogP contribution in [0.3, 0.4) is 0 Å². The molecule has 0 aromatic carbocycles. The fourth-order valence-corrected chi connectivity index (χ4v) is 4.44. The van der Waals surface area contributed by atoms with E-state index in [1.54, 1.807) is 6.92 Å². The lowest BCUT2D eigenvalue weighted by Gasteiger charge is -2.19. The largest absolute Gasteiger partial charge is 0.472 e. The molecule has 1 unspecified atom stereocenters. The number of unbranched alkanes of at least 4 members (excludes halogenated alkanes) is 14. The van der Waals surface area contributed by atoms with Gasteiger partial charge in [0, 0.05) is 19.4 Å². The first kappa shape index (κ1) is 35.0. The van der Waals surface area contributed by atoms with Gasteiger partial charge in [0.25, 0.3) is 0 Å². The first-order valence-corrected chi connectivity index (χ1v) is 15.5. The zero-order chi connectivity index (χ0) is 26.9. The Morgan fingerprint density at radius 3 is 1.72 bits per heavy atom. The number of hydrogen-bond donors (Lipinski definition) is 2. The van der Waals surface area contributed by atoms with Gasteiger partial charge in [0.2, 0.25) is 0 Å². The summed E-state index contributed by atoms with van der Waals surface area (Å²) in [4.78, 5) is 33.2. The molecule has 36 heavy (non-hydrogen) atoms. The first-order chi connectivity index (χ1) is 17.3. The Morgan fingerprint density at radius 2 is 1.25 bits per heavy atom. The second kappa shape index (κ2) is 24.4. The highest BCUT2D eigenvalue weighted by Crippen LogP contribution is 2.43. The zero-order valence-corrected chi connectivity index (χ0v) is 23.7. The highest BCUT2D eigenvalue weighted by atomic mass is 31.2. The molecule has 0 bridgehead atoms. The van der Waals surface area contributed by atoms with Crippen molar-refractivity contribution in [2.75, 3.05) is 26.4 Å². The minimum absolute atomic E-state index is 0.0552. The Morgan fingerprint density at radius 1 is 0.750 bits per heavy atom. The van der Waals surface area contributed by atoms with Crippen molar-refractivity contribution in [1.82, 2.24) is 0 Å². The van der Waals surface area contributed by atoms with Crippen LogP contribution in [-0.4, -0.2) is 49.3 Å². The number of phosphoric ester groups is 1. The maximum atomic E-state index is 12.2. The van der Waals surface area contributed by atoms with Crippen molar-refractivity contribution in [3.8, 4) is 0 Å². The van der Waals surface area contributed by atoms with Crippen LogP contribution in [0.25, 0.3) is 0 Å². The topological polar surface area (TPSA) is 134 Å². The van der Waals surface area contributed by atoms with Crippen LogP contribution in [-0.2, 0) is 32.7 Å². The zero-order valence-electron chi connectivity index (χ0n) is 22.8. The Kier molecular flexibility index (Phi) is 23.7. The van der Waals surface area contributed by atoms with Crippen LogP contribution in [0, 0.1) is 0 Å². The van der Waals surface area contributed by atoms with Gasteiger partial charge in [0.1, 0.15) is 6.61 Å². The van der Waals surface area contributed by atoms with E-state index >= 15 is 0 Å². The monoisotopic (exact) mass is 537 g/mol. The van der Waals surface area contributed by atoms with E-state index < -0.39 is 32.5 Å². The van der Waals surface area contributed by atoms with Gasteiger partial charge in [-0.05, 0) is 6.42 Å². The van der Waals surface area contributed by atoms with Crippen LogP contribution < -0.4 is 5.73 Å². The molecule has 0 saturated carbocycles. The molecular formula is C26H52NO8P. The van der Waals surface area contributed by atoms with Crippen molar-refractivity contribution in [2.24, 2.45) is 5.73 Å². The maximum absolute atomic E-state index is 12.2. The normalized spacial score (nSPS) is 13.8. The quantitative estimate of drug-likeness (QED) is 0.0750. The summed E-state index contributed by atoms with van der Waals surface area (Å²) in [7, 11) is -4.33. The van der Waals surface area contributed by atoms with Crippen molar-refractivity contribution in [3.05, 3.63) is 0 Å². The van der Waals surface area contributed by atoms with Crippen LogP contribution in [0.5, 0.6) is 0 Å².